The molecule has 1 heterocycles. The Balaban J connectivity index is 2.23. The predicted octanol–water partition coefficient (Wildman–Crippen LogP) is 0.741. The molecular weight excluding hydrogens is 403 g/mol. The molecule has 0 aliphatic carbocycles. The van der Waals surface area contributed by atoms with Gasteiger partial charge in [-0.2, -0.15) is 0 Å². The van der Waals surface area contributed by atoms with E-state index in [9.17, 15) is 9.36 Å². The zero-order valence-corrected chi connectivity index (χ0v) is 18.4. The highest BCUT2D eigenvalue weighted by atomic mass is 31.2. The molecule has 0 unspecified atom stereocenters. The van der Waals surface area contributed by atoms with Crippen LogP contribution in [-0.2, 0) is 41.0 Å². The molecule has 0 atom stereocenters. The maximum atomic E-state index is 12.5. The van der Waals surface area contributed by atoms with Gasteiger partial charge in [0.25, 0.3) is 5.91 Å². The Labute approximate surface area is 171 Å². The quantitative estimate of drug-likeness (QED) is 0.0845. The van der Waals surface area contributed by atoms with Gasteiger partial charge in [0.2, 0.25) is 0 Å². The summed E-state index contributed by atoms with van der Waals surface area (Å²) in [7, 11) is -3.08. The van der Waals surface area contributed by atoms with Gasteiger partial charge in [0.05, 0.1) is 51.2 Å². The SMILES string of the molecule is CCOP(=O)(CCC(C)(C)OCNCOCc1cn(CC(=O)NN)nn1)OCC. The first kappa shape index (κ1) is 25.6. The minimum atomic E-state index is -3.08. The monoisotopic (exact) mass is 436 g/mol. The molecule has 1 rings (SSSR count). The number of carbonyl (C=O) groups is 1. The topological polar surface area (TPSA) is 152 Å². The number of nitrogens with zero attached hydrogens (tertiary/aromatic N) is 3. The van der Waals surface area contributed by atoms with Gasteiger partial charge in [-0.05, 0) is 34.1 Å². The standard InChI is InChI=1S/C16H33N6O6P/c1-5-27-29(24,28-6-2)8-7-16(3,4)26-13-18-12-25-11-14-9-22(21-20-14)10-15(23)19-17/h9,18H,5-8,10-13,17H2,1-4H3,(H,19,23). The highest BCUT2D eigenvalue weighted by Gasteiger charge is 2.28. The number of aromatic nitrogens is 3. The van der Waals surface area contributed by atoms with E-state index in [0.29, 0.717) is 25.3 Å². The largest absolute Gasteiger partial charge is 0.360 e. The van der Waals surface area contributed by atoms with Crippen molar-refractivity contribution in [2.45, 2.75) is 52.9 Å². The van der Waals surface area contributed by atoms with Crippen LogP contribution in [0.1, 0.15) is 39.8 Å². The number of hydrazine groups is 1. The van der Waals surface area contributed by atoms with Gasteiger partial charge in [0, 0.05) is 0 Å². The summed E-state index contributed by atoms with van der Waals surface area (Å²) < 4.78 is 35.7. The first-order valence-corrected chi connectivity index (χ1v) is 11.2. The number of carbonyl (C=O) groups excluding carboxylic acids is 1. The van der Waals surface area contributed by atoms with Gasteiger partial charge in [0.15, 0.2) is 0 Å². The van der Waals surface area contributed by atoms with Gasteiger partial charge in [-0.1, -0.05) is 5.21 Å². The van der Waals surface area contributed by atoms with E-state index in [2.05, 4.69) is 15.6 Å². The fourth-order valence-corrected chi connectivity index (χ4v) is 4.16. The van der Waals surface area contributed by atoms with Crippen LogP contribution in [0.4, 0.5) is 0 Å². The molecule has 0 spiro atoms. The van der Waals surface area contributed by atoms with E-state index >= 15 is 0 Å². The molecular formula is C16H33N6O6P. The van der Waals surface area contributed by atoms with Crippen LogP contribution in [0.25, 0.3) is 0 Å². The maximum absolute atomic E-state index is 12.5. The summed E-state index contributed by atoms with van der Waals surface area (Å²) in [5.74, 6) is 4.65. The van der Waals surface area contributed by atoms with Crippen LogP contribution in [0.3, 0.4) is 0 Å². The molecule has 1 aromatic heterocycles. The molecule has 0 aromatic carbocycles. The van der Waals surface area contributed by atoms with Crippen molar-refractivity contribution in [2.24, 2.45) is 5.84 Å². The van der Waals surface area contributed by atoms with Crippen molar-refractivity contribution in [3.63, 3.8) is 0 Å². The highest BCUT2D eigenvalue weighted by molar-refractivity contribution is 7.53. The molecule has 0 radical (unpaired) electrons. The zero-order valence-electron chi connectivity index (χ0n) is 17.5. The minimum Gasteiger partial charge on any atom is -0.360 e. The van der Waals surface area contributed by atoms with Crippen molar-refractivity contribution < 1.29 is 27.9 Å². The molecule has 13 heteroatoms. The summed E-state index contributed by atoms with van der Waals surface area (Å²) in [6.07, 6.45) is 2.41. The van der Waals surface area contributed by atoms with E-state index in [1.165, 1.54) is 4.68 Å². The Bertz CT molecular complexity index is 646. The second-order valence-electron chi connectivity index (χ2n) is 6.69. The van der Waals surface area contributed by atoms with Crippen molar-refractivity contribution in [3.05, 3.63) is 11.9 Å². The minimum absolute atomic E-state index is 0.00973. The summed E-state index contributed by atoms with van der Waals surface area (Å²) >= 11 is 0. The van der Waals surface area contributed by atoms with Gasteiger partial charge in [-0.25, -0.2) is 10.5 Å². The molecule has 0 saturated carbocycles. The van der Waals surface area contributed by atoms with Crippen LogP contribution in [0, 0.1) is 0 Å². The smallest absolute Gasteiger partial charge is 0.330 e. The van der Waals surface area contributed by atoms with E-state index in [4.69, 9.17) is 24.4 Å². The molecule has 1 amide bonds. The van der Waals surface area contributed by atoms with Crippen molar-refractivity contribution >= 4 is 13.5 Å². The van der Waals surface area contributed by atoms with Crippen molar-refractivity contribution in [1.82, 2.24) is 25.7 Å². The molecule has 12 nitrogen and oxygen atoms in total. The first-order valence-electron chi connectivity index (χ1n) is 9.42. The zero-order chi connectivity index (χ0) is 21.8. The van der Waals surface area contributed by atoms with Crippen molar-refractivity contribution in [2.75, 3.05) is 32.8 Å². The second kappa shape index (κ2) is 13.0. The lowest BCUT2D eigenvalue weighted by Crippen LogP contribution is -2.33. The van der Waals surface area contributed by atoms with Crippen LogP contribution in [0.15, 0.2) is 6.20 Å². The highest BCUT2D eigenvalue weighted by Crippen LogP contribution is 2.49. The summed E-state index contributed by atoms with van der Waals surface area (Å²) in [5, 5.41) is 10.7. The number of nitrogens with two attached hydrogens (primary N) is 1. The molecule has 0 aliphatic rings. The fourth-order valence-electron chi connectivity index (χ4n) is 2.23. The third-order valence-corrected chi connectivity index (χ3v) is 5.79. The fraction of sp³-hybridized carbons (Fsp3) is 0.812. The first-order chi connectivity index (χ1) is 13.7. The third kappa shape index (κ3) is 10.8. The van der Waals surface area contributed by atoms with E-state index < -0.39 is 13.2 Å². The normalized spacial score (nSPS) is 12.3. The third-order valence-electron chi connectivity index (χ3n) is 3.71. The molecule has 0 aliphatic heterocycles. The number of amides is 1. The van der Waals surface area contributed by atoms with Gasteiger partial charge >= 0.3 is 7.60 Å². The van der Waals surface area contributed by atoms with E-state index in [-0.39, 0.29) is 38.7 Å². The lowest BCUT2D eigenvalue weighted by Gasteiger charge is -2.27. The van der Waals surface area contributed by atoms with Crippen LogP contribution < -0.4 is 16.6 Å². The number of nitrogens with one attached hydrogen (secondary N) is 2. The van der Waals surface area contributed by atoms with Crippen molar-refractivity contribution in [3.8, 4) is 0 Å². The van der Waals surface area contributed by atoms with Crippen LogP contribution in [0.2, 0.25) is 0 Å². The Morgan fingerprint density at radius 3 is 2.59 bits per heavy atom. The van der Waals surface area contributed by atoms with E-state index in [1.807, 2.05) is 19.3 Å². The lowest BCUT2D eigenvalue weighted by atomic mass is 10.1. The van der Waals surface area contributed by atoms with E-state index in [1.54, 1.807) is 20.0 Å². The summed E-state index contributed by atoms with van der Waals surface area (Å²) in [6.45, 7) is 8.78. The van der Waals surface area contributed by atoms with Crippen LogP contribution in [0.5, 0.6) is 0 Å². The lowest BCUT2D eigenvalue weighted by molar-refractivity contribution is -0.121. The van der Waals surface area contributed by atoms with Gasteiger partial charge < -0.3 is 18.5 Å². The predicted molar refractivity (Wildman–Crippen MR) is 106 cm³/mol. The second-order valence-corrected chi connectivity index (χ2v) is 8.87. The Morgan fingerprint density at radius 2 is 1.97 bits per heavy atom. The molecule has 168 valence electrons. The number of hydrogen-bond donors (Lipinski definition) is 3. The van der Waals surface area contributed by atoms with Crippen LogP contribution >= 0.6 is 7.60 Å². The Hall–Kier alpha value is -1.40. The molecule has 0 fully saturated rings. The summed E-state index contributed by atoms with van der Waals surface area (Å²) in [4.78, 5) is 11.2. The number of ether oxygens (including phenoxy) is 2. The molecule has 1 aromatic rings. The molecule has 29 heavy (non-hydrogen) atoms. The number of hydrogen-bond acceptors (Lipinski definition) is 10. The molecule has 4 N–H and O–H groups in total. The number of rotatable bonds is 16. The molecule has 0 saturated heterocycles. The van der Waals surface area contributed by atoms with Gasteiger partial charge in [0.1, 0.15) is 12.2 Å². The van der Waals surface area contributed by atoms with Crippen molar-refractivity contribution in [1.29, 1.82) is 0 Å². The average molecular weight is 436 g/mol. The maximum Gasteiger partial charge on any atom is 0.330 e. The summed E-state index contributed by atoms with van der Waals surface area (Å²) in [5.41, 5.74) is 2.09. The van der Waals surface area contributed by atoms with Gasteiger partial charge in [-0.15, -0.1) is 5.10 Å². The van der Waals surface area contributed by atoms with Gasteiger partial charge in [-0.3, -0.25) is 20.1 Å². The van der Waals surface area contributed by atoms with Crippen LogP contribution in [-0.4, -0.2) is 59.3 Å². The Morgan fingerprint density at radius 1 is 1.28 bits per heavy atom. The average Bonchev–Trinajstić information content (AvgIpc) is 3.10. The molecule has 0 bridgehead atoms. The Kier molecular flexibility index (Phi) is 11.5. The summed E-state index contributed by atoms with van der Waals surface area (Å²) in [6, 6.07) is 0. The van der Waals surface area contributed by atoms with E-state index in [0.717, 1.165) is 0 Å².